The largest absolute Gasteiger partial charge is 0.467 e. The molecule has 0 spiro atoms. The molecule has 1 aromatic rings. The van der Waals surface area contributed by atoms with Crippen LogP contribution < -0.4 is 5.32 Å². The molecule has 0 radical (unpaired) electrons. The van der Waals surface area contributed by atoms with E-state index in [0.717, 1.165) is 4.47 Å². The number of nitrogens with one attached hydrogen (secondary N) is 1. The lowest BCUT2D eigenvalue weighted by molar-refractivity contribution is -0.143. The van der Waals surface area contributed by atoms with Crippen molar-refractivity contribution in [2.24, 2.45) is 0 Å². The first-order chi connectivity index (χ1) is 9.58. The van der Waals surface area contributed by atoms with E-state index < -0.39 is 12.0 Å². The maximum absolute atomic E-state index is 12.1. The summed E-state index contributed by atoms with van der Waals surface area (Å²) in [4.78, 5) is 23.7. The van der Waals surface area contributed by atoms with Gasteiger partial charge in [0.1, 0.15) is 6.04 Å². The van der Waals surface area contributed by atoms with Gasteiger partial charge in [-0.3, -0.25) is 4.79 Å². The van der Waals surface area contributed by atoms with E-state index in [4.69, 9.17) is 6.42 Å². The van der Waals surface area contributed by atoms with Crippen LogP contribution in [0.25, 0.3) is 0 Å². The molecule has 4 nitrogen and oxygen atoms in total. The molecule has 5 heteroatoms. The van der Waals surface area contributed by atoms with Gasteiger partial charge in [-0.05, 0) is 31.0 Å². The van der Waals surface area contributed by atoms with Gasteiger partial charge in [-0.2, -0.15) is 0 Å². The van der Waals surface area contributed by atoms with Crippen molar-refractivity contribution in [1.29, 1.82) is 0 Å². The lowest BCUT2D eigenvalue weighted by Crippen LogP contribution is -2.41. The molecule has 0 aromatic heterocycles. The monoisotopic (exact) mass is 337 g/mol. The summed E-state index contributed by atoms with van der Waals surface area (Å²) in [6.45, 7) is 0. The minimum Gasteiger partial charge on any atom is -0.467 e. The molecular weight excluding hydrogens is 322 g/mol. The summed E-state index contributed by atoms with van der Waals surface area (Å²) >= 11 is 3.30. The Balaban J connectivity index is 2.71. The highest BCUT2D eigenvalue weighted by Crippen LogP contribution is 2.12. The third-order valence-electron chi connectivity index (χ3n) is 2.69. The number of hydrogen-bond donors (Lipinski definition) is 1. The Bertz CT molecular complexity index is 522. The van der Waals surface area contributed by atoms with Crippen molar-refractivity contribution in [2.45, 2.75) is 25.3 Å². The van der Waals surface area contributed by atoms with Crippen LogP contribution in [0.1, 0.15) is 29.6 Å². The van der Waals surface area contributed by atoms with Crippen LogP contribution in [-0.2, 0) is 9.53 Å². The minimum atomic E-state index is -0.681. The third-order valence-corrected chi connectivity index (χ3v) is 3.18. The molecule has 0 bridgehead atoms. The summed E-state index contributed by atoms with van der Waals surface area (Å²) in [7, 11) is 1.29. The van der Waals surface area contributed by atoms with Crippen LogP contribution in [0.5, 0.6) is 0 Å². The molecule has 1 rings (SSSR count). The van der Waals surface area contributed by atoms with E-state index in [0.29, 0.717) is 24.8 Å². The van der Waals surface area contributed by atoms with Crippen LogP contribution in [0, 0.1) is 12.3 Å². The number of halogens is 1. The van der Waals surface area contributed by atoms with Crippen molar-refractivity contribution >= 4 is 27.8 Å². The molecule has 106 valence electrons. The summed E-state index contributed by atoms with van der Waals surface area (Å²) < 4.78 is 5.49. The first-order valence-corrected chi connectivity index (χ1v) is 6.95. The number of amides is 1. The summed E-state index contributed by atoms with van der Waals surface area (Å²) in [6, 6.07) is 6.26. The molecule has 20 heavy (non-hydrogen) atoms. The zero-order valence-electron chi connectivity index (χ0n) is 11.2. The van der Waals surface area contributed by atoms with Gasteiger partial charge in [0.25, 0.3) is 5.91 Å². The molecule has 0 aliphatic heterocycles. The van der Waals surface area contributed by atoms with Crippen molar-refractivity contribution in [3.05, 3.63) is 34.3 Å². The number of rotatable bonds is 6. The fourth-order valence-corrected chi connectivity index (χ4v) is 2.07. The van der Waals surface area contributed by atoms with Crippen molar-refractivity contribution in [3.63, 3.8) is 0 Å². The number of ether oxygens (including phenoxy) is 1. The minimum absolute atomic E-state index is 0.317. The Labute approximate surface area is 127 Å². The van der Waals surface area contributed by atoms with E-state index in [-0.39, 0.29) is 5.91 Å². The Kier molecular flexibility index (Phi) is 6.82. The fraction of sp³-hybridized carbons (Fsp3) is 0.333. The van der Waals surface area contributed by atoms with E-state index in [1.807, 2.05) is 6.07 Å². The van der Waals surface area contributed by atoms with E-state index in [9.17, 15) is 9.59 Å². The normalized spacial score (nSPS) is 11.2. The van der Waals surface area contributed by atoms with Crippen LogP contribution in [0.15, 0.2) is 28.7 Å². The lowest BCUT2D eigenvalue weighted by Gasteiger charge is -2.16. The van der Waals surface area contributed by atoms with Gasteiger partial charge in [-0.1, -0.05) is 22.0 Å². The average Bonchev–Trinajstić information content (AvgIpc) is 2.45. The zero-order valence-corrected chi connectivity index (χ0v) is 12.8. The van der Waals surface area contributed by atoms with Crippen molar-refractivity contribution < 1.29 is 14.3 Å². The molecule has 0 unspecified atom stereocenters. The summed E-state index contributed by atoms with van der Waals surface area (Å²) in [5.74, 6) is 1.72. The molecule has 0 saturated carbocycles. The summed E-state index contributed by atoms with van der Waals surface area (Å²) in [6.07, 6.45) is 6.83. The molecule has 1 amide bonds. The fourth-order valence-electron chi connectivity index (χ4n) is 1.67. The van der Waals surface area contributed by atoms with E-state index in [1.165, 1.54) is 7.11 Å². The lowest BCUT2D eigenvalue weighted by atomic mass is 10.1. The highest BCUT2D eigenvalue weighted by Gasteiger charge is 2.21. The van der Waals surface area contributed by atoms with Crippen molar-refractivity contribution in [2.75, 3.05) is 7.11 Å². The predicted octanol–water partition coefficient (Wildman–Crippen LogP) is 2.52. The van der Waals surface area contributed by atoms with Crippen molar-refractivity contribution in [1.82, 2.24) is 5.32 Å². The van der Waals surface area contributed by atoms with E-state index in [2.05, 4.69) is 31.9 Å². The molecule has 1 aromatic carbocycles. The number of hydrogen-bond acceptors (Lipinski definition) is 3. The standard InChI is InChI=1S/C15H16BrNO3/c1-3-4-5-9-13(15(19)20-2)17-14(18)11-7-6-8-12(16)10-11/h1,6-8,10,13H,4-5,9H2,2H3,(H,17,18)/t13-/m1/s1. The summed E-state index contributed by atoms with van der Waals surface area (Å²) in [5, 5.41) is 2.67. The highest BCUT2D eigenvalue weighted by atomic mass is 79.9. The topological polar surface area (TPSA) is 55.4 Å². The maximum atomic E-state index is 12.1. The molecule has 1 N–H and O–H groups in total. The number of carbonyl (C=O) groups is 2. The molecule has 0 saturated heterocycles. The number of methoxy groups -OCH3 is 1. The van der Waals surface area contributed by atoms with E-state index >= 15 is 0 Å². The van der Waals surface area contributed by atoms with Gasteiger partial charge in [-0.25, -0.2) is 4.79 Å². The van der Waals surface area contributed by atoms with Gasteiger partial charge < -0.3 is 10.1 Å². The van der Waals surface area contributed by atoms with Gasteiger partial charge in [-0.15, -0.1) is 12.3 Å². The van der Waals surface area contributed by atoms with Gasteiger partial charge in [0.05, 0.1) is 7.11 Å². The third kappa shape index (κ3) is 5.06. The van der Waals surface area contributed by atoms with Crippen LogP contribution in [0.4, 0.5) is 0 Å². The quantitative estimate of drug-likeness (QED) is 0.493. The Morgan fingerprint density at radius 3 is 2.85 bits per heavy atom. The molecule has 0 aliphatic carbocycles. The Hall–Kier alpha value is -1.80. The average molecular weight is 338 g/mol. The Morgan fingerprint density at radius 1 is 1.50 bits per heavy atom. The number of carbonyl (C=O) groups excluding carboxylic acids is 2. The number of terminal acetylenes is 1. The predicted molar refractivity (Wildman–Crippen MR) is 80.1 cm³/mol. The number of esters is 1. The van der Waals surface area contributed by atoms with Crippen molar-refractivity contribution in [3.8, 4) is 12.3 Å². The van der Waals surface area contributed by atoms with Gasteiger partial charge in [0, 0.05) is 16.5 Å². The van der Waals surface area contributed by atoms with Gasteiger partial charge in [0.2, 0.25) is 0 Å². The summed E-state index contributed by atoms with van der Waals surface area (Å²) in [5.41, 5.74) is 0.477. The molecule has 1 atom stereocenters. The molecule has 0 aliphatic rings. The van der Waals surface area contributed by atoms with Crippen LogP contribution >= 0.6 is 15.9 Å². The smallest absolute Gasteiger partial charge is 0.328 e. The van der Waals surface area contributed by atoms with Gasteiger partial charge in [0.15, 0.2) is 0 Å². The first kappa shape index (κ1) is 16.3. The number of benzene rings is 1. The SMILES string of the molecule is C#CCCC[C@@H](NC(=O)c1cccc(Br)c1)C(=O)OC. The van der Waals surface area contributed by atoms with Gasteiger partial charge >= 0.3 is 5.97 Å². The highest BCUT2D eigenvalue weighted by molar-refractivity contribution is 9.10. The second-order valence-corrected chi connectivity index (χ2v) is 5.07. The second kappa shape index (κ2) is 8.39. The van der Waals surface area contributed by atoms with E-state index in [1.54, 1.807) is 18.2 Å². The number of unbranched alkanes of at least 4 members (excludes halogenated alkanes) is 1. The Morgan fingerprint density at radius 2 is 2.25 bits per heavy atom. The second-order valence-electron chi connectivity index (χ2n) is 4.16. The zero-order chi connectivity index (χ0) is 15.0. The van der Waals surface area contributed by atoms with Crippen LogP contribution in [0.2, 0.25) is 0 Å². The van der Waals surface area contributed by atoms with Crippen LogP contribution in [0.3, 0.4) is 0 Å². The first-order valence-electron chi connectivity index (χ1n) is 6.16. The maximum Gasteiger partial charge on any atom is 0.328 e. The molecule has 0 heterocycles. The molecular formula is C15H16BrNO3. The molecule has 0 fully saturated rings. The van der Waals surface area contributed by atoms with Crippen LogP contribution in [-0.4, -0.2) is 25.0 Å².